The van der Waals surface area contributed by atoms with Crippen LogP contribution in [0.1, 0.15) is 39.9 Å². The van der Waals surface area contributed by atoms with E-state index in [1.165, 1.54) is 0 Å². The standard InChI is InChI=1S/C21H28N4O2.2ClH/c1-14-23-17-10-7-6-9-15(17)19(27)25(14)12-8-11-22-18(26)16-13-20(2,3)24-21(16,4)5;;/h6-7,9-10,13,24H,8,11-12H2,1-5H3,(H,22,26);2*1H. The van der Waals surface area contributed by atoms with Crippen LogP contribution in [0, 0.1) is 6.92 Å². The Morgan fingerprint density at radius 1 is 1.17 bits per heavy atom. The highest BCUT2D eigenvalue weighted by Gasteiger charge is 2.39. The number of hydrogen-bond donors (Lipinski definition) is 2. The summed E-state index contributed by atoms with van der Waals surface area (Å²) in [6, 6.07) is 7.37. The maximum absolute atomic E-state index is 12.7. The van der Waals surface area contributed by atoms with E-state index in [1.807, 2.05) is 45.0 Å². The quantitative estimate of drug-likeness (QED) is 0.700. The Labute approximate surface area is 184 Å². The fourth-order valence-electron chi connectivity index (χ4n) is 3.88. The number of aryl methyl sites for hydroxylation is 1. The van der Waals surface area contributed by atoms with E-state index in [9.17, 15) is 9.59 Å². The summed E-state index contributed by atoms with van der Waals surface area (Å²) in [5.74, 6) is 0.634. The summed E-state index contributed by atoms with van der Waals surface area (Å²) in [5, 5.41) is 7.05. The summed E-state index contributed by atoms with van der Waals surface area (Å²) >= 11 is 0. The Kier molecular flexibility index (Phi) is 8.05. The topological polar surface area (TPSA) is 76.0 Å². The highest BCUT2D eigenvalue weighted by atomic mass is 35.5. The van der Waals surface area contributed by atoms with Gasteiger partial charge in [0.1, 0.15) is 5.82 Å². The summed E-state index contributed by atoms with van der Waals surface area (Å²) in [6.45, 7) is 11.0. The maximum atomic E-state index is 12.7. The van der Waals surface area contributed by atoms with Crippen LogP contribution in [0.25, 0.3) is 10.9 Å². The molecule has 0 bridgehead atoms. The molecule has 2 heterocycles. The summed E-state index contributed by atoms with van der Waals surface area (Å²) in [7, 11) is 0. The molecule has 1 aliphatic heterocycles. The van der Waals surface area contributed by atoms with Crippen LogP contribution in [0.3, 0.4) is 0 Å². The number of nitrogens with one attached hydrogen (secondary N) is 2. The lowest BCUT2D eigenvalue weighted by Crippen LogP contribution is -2.47. The molecule has 160 valence electrons. The summed E-state index contributed by atoms with van der Waals surface area (Å²) in [6.07, 6.45) is 2.65. The van der Waals surface area contributed by atoms with Crippen LogP contribution < -0.4 is 16.2 Å². The van der Waals surface area contributed by atoms with E-state index in [4.69, 9.17) is 0 Å². The Morgan fingerprint density at radius 3 is 2.45 bits per heavy atom. The van der Waals surface area contributed by atoms with Gasteiger partial charge in [0.05, 0.1) is 10.9 Å². The van der Waals surface area contributed by atoms with Crippen molar-refractivity contribution in [1.29, 1.82) is 0 Å². The Balaban J connectivity index is 0.00000210. The molecule has 6 nitrogen and oxygen atoms in total. The first-order chi connectivity index (χ1) is 12.6. The minimum absolute atomic E-state index is 0. The zero-order valence-electron chi connectivity index (χ0n) is 17.5. The van der Waals surface area contributed by atoms with E-state index in [0.29, 0.717) is 30.7 Å². The molecule has 2 aromatic rings. The molecule has 0 saturated carbocycles. The van der Waals surface area contributed by atoms with Gasteiger partial charge in [-0.05, 0) is 53.2 Å². The monoisotopic (exact) mass is 440 g/mol. The van der Waals surface area contributed by atoms with Gasteiger partial charge in [-0.25, -0.2) is 4.98 Å². The van der Waals surface area contributed by atoms with E-state index < -0.39 is 0 Å². The number of fused-ring (bicyclic) bond motifs is 1. The second kappa shape index (κ2) is 9.28. The highest BCUT2D eigenvalue weighted by Crippen LogP contribution is 2.29. The van der Waals surface area contributed by atoms with E-state index in [-0.39, 0.29) is 47.4 Å². The normalized spacial score (nSPS) is 16.5. The summed E-state index contributed by atoms with van der Waals surface area (Å²) < 4.78 is 1.68. The molecule has 0 aliphatic carbocycles. The van der Waals surface area contributed by atoms with E-state index in [1.54, 1.807) is 10.6 Å². The molecule has 2 N–H and O–H groups in total. The Hall–Kier alpha value is -1.89. The molecule has 0 unspecified atom stereocenters. The average molecular weight is 441 g/mol. The van der Waals surface area contributed by atoms with E-state index in [0.717, 1.165) is 11.1 Å². The molecule has 1 amide bonds. The molecule has 1 aromatic carbocycles. The third-order valence-corrected chi connectivity index (χ3v) is 4.95. The average Bonchev–Trinajstić information content (AvgIpc) is 2.81. The van der Waals surface area contributed by atoms with Gasteiger partial charge in [-0.15, -0.1) is 24.8 Å². The molecule has 8 heteroatoms. The van der Waals surface area contributed by atoms with Crippen LogP contribution in [0.4, 0.5) is 0 Å². The number of nitrogens with zero attached hydrogens (tertiary/aromatic N) is 2. The Morgan fingerprint density at radius 2 is 1.83 bits per heavy atom. The number of para-hydroxylation sites is 1. The molecule has 0 atom stereocenters. The van der Waals surface area contributed by atoms with Crippen LogP contribution in [0.2, 0.25) is 0 Å². The minimum Gasteiger partial charge on any atom is -0.352 e. The van der Waals surface area contributed by atoms with Crippen molar-refractivity contribution >= 4 is 41.6 Å². The number of amides is 1. The fourth-order valence-corrected chi connectivity index (χ4v) is 3.88. The molecular weight excluding hydrogens is 411 g/mol. The molecule has 0 spiro atoms. The minimum atomic E-state index is -0.358. The van der Waals surface area contributed by atoms with Crippen LogP contribution in [0.15, 0.2) is 40.7 Å². The number of hydrogen-bond acceptors (Lipinski definition) is 4. The van der Waals surface area contributed by atoms with Gasteiger partial charge < -0.3 is 5.32 Å². The number of rotatable bonds is 5. The zero-order chi connectivity index (χ0) is 19.8. The first kappa shape index (κ1) is 25.1. The van der Waals surface area contributed by atoms with Crippen molar-refractivity contribution in [2.75, 3.05) is 6.54 Å². The first-order valence-corrected chi connectivity index (χ1v) is 9.38. The highest BCUT2D eigenvalue weighted by molar-refractivity contribution is 5.96. The van der Waals surface area contributed by atoms with Crippen molar-refractivity contribution in [2.24, 2.45) is 0 Å². The molecule has 1 aromatic heterocycles. The summed E-state index contributed by atoms with van der Waals surface area (Å²) in [4.78, 5) is 29.7. The second-order valence-corrected chi connectivity index (χ2v) is 8.27. The molecule has 0 radical (unpaired) electrons. The smallest absolute Gasteiger partial charge is 0.261 e. The van der Waals surface area contributed by atoms with Crippen molar-refractivity contribution in [2.45, 2.75) is 58.7 Å². The SMILES string of the molecule is Cc1nc2ccccc2c(=O)n1CCCNC(=O)C1=CC(C)(C)NC1(C)C.Cl.Cl. The summed E-state index contributed by atoms with van der Waals surface area (Å²) in [5.41, 5.74) is 0.888. The lowest BCUT2D eigenvalue weighted by atomic mass is 9.96. The molecule has 29 heavy (non-hydrogen) atoms. The molecule has 0 saturated heterocycles. The number of carbonyl (C=O) groups is 1. The Bertz CT molecular complexity index is 980. The van der Waals surface area contributed by atoms with Crippen LogP contribution in [-0.4, -0.2) is 33.1 Å². The molecular formula is C21H30Cl2N4O2. The van der Waals surface area contributed by atoms with Gasteiger partial charge in [0.15, 0.2) is 0 Å². The van der Waals surface area contributed by atoms with Gasteiger partial charge in [-0.1, -0.05) is 18.2 Å². The van der Waals surface area contributed by atoms with Crippen molar-refractivity contribution in [3.05, 3.63) is 52.1 Å². The van der Waals surface area contributed by atoms with Crippen molar-refractivity contribution in [1.82, 2.24) is 20.2 Å². The van der Waals surface area contributed by atoms with Crippen LogP contribution in [-0.2, 0) is 11.3 Å². The number of halogens is 2. The van der Waals surface area contributed by atoms with Gasteiger partial charge in [-0.3, -0.25) is 19.5 Å². The predicted molar refractivity (Wildman–Crippen MR) is 122 cm³/mol. The molecule has 1 aliphatic rings. The number of carbonyl (C=O) groups excluding carboxylic acids is 1. The van der Waals surface area contributed by atoms with Gasteiger partial charge in [0, 0.05) is 29.7 Å². The van der Waals surface area contributed by atoms with Gasteiger partial charge in [0.25, 0.3) is 5.56 Å². The maximum Gasteiger partial charge on any atom is 0.261 e. The molecule has 3 rings (SSSR count). The van der Waals surface area contributed by atoms with Gasteiger partial charge in [-0.2, -0.15) is 0 Å². The zero-order valence-corrected chi connectivity index (χ0v) is 19.2. The number of benzene rings is 1. The molecule has 0 fully saturated rings. The van der Waals surface area contributed by atoms with E-state index >= 15 is 0 Å². The van der Waals surface area contributed by atoms with Crippen molar-refractivity contribution in [3.63, 3.8) is 0 Å². The third kappa shape index (κ3) is 5.38. The lowest BCUT2D eigenvalue weighted by Gasteiger charge is -2.27. The van der Waals surface area contributed by atoms with Crippen molar-refractivity contribution in [3.8, 4) is 0 Å². The van der Waals surface area contributed by atoms with Crippen molar-refractivity contribution < 1.29 is 4.79 Å². The fraction of sp³-hybridized carbons (Fsp3) is 0.476. The van der Waals surface area contributed by atoms with Crippen LogP contribution in [0.5, 0.6) is 0 Å². The van der Waals surface area contributed by atoms with Crippen LogP contribution >= 0.6 is 24.8 Å². The third-order valence-electron chi connectivity index (χ3n) is 4.95. The van der Waals surface area contributed by atoms with Gasteiger partial charge >= 0.3 is 0 Å². The van der Waals surface area contributed by atoms with E-state index in [2.05, 4.69) is 29.5 Å². The second-order valence-electron chi connectivity index (χ2n) is 8.27. The van der Waals surface area contributed by atoms with Gasteiger partial charge in [0.2, 0.25) is 5.91 Å². The largest absolute Gasteiger partial charge is 0.352 e. The lowest BCUT2D eigenvalue weighted by molar-refractivity contribution is -0.118. The first-order valence-electron chi connectivity index (χ1n) is 9.38. The predicted octanol–water partition coefficient (Wildman–Crippen LogP) is 3.14. The number of aromatic nitrogens is 2.